The molecule has 4 heteroatoms. The Hall–Kier alpha value is -2.36. The second-order valence-electron chi connectivity index (χ2n) is 4.55. The van der Waals surface area contributed by atoms with E-state index >= 15 is 0 Å². The van der Waals surface area contributed by atoms with Crippen molar-refractivity contribution in [2.75, 3.05) is 0 Å². The number of hydrogen-bond donors (Lipinski definition) is 2. The predicted molar refractivity (Wildman–Crippen MR) is 76.0 cm³/mol. The summed E-state index contributed by atoms with van der Waals surface area (Å²) in [5, 5.41) is 7.65. The van der Waals surface area contributed by atoms with Gasteiger partial charge in [-0.3, -0.25) is 10.4 Å². The molecule has 0 saturated heterocycles. The van der Waals surface area contributed by atoms with Crippen LogP contribution in [0.1, 0.15) is 22.5 Å². The van der Waals surface area contributed by atoms with E-state index in [1.165, 1.54) is 5.56 Å². The van der Waals surface area contributed by atoms with Crippen molar-refractivity contribution in [3.05, 3.63) is 52.8 Å². The van der Waals surface area contributed by atoms with Crippen LogP contribution < -0.4 is 10.5 Å². The third-order valence-corrected chi connectivity index (χ3v) is 2.81. The summed E-state index contributed by atoms with van der Waals surface area (Å²) in [6.45, 7) is 5.73. The highest BCUT2D eigenvalue weighted by Crippen LogP contribution is 2.27. The Morgan fingerprint density at radius 2 is 1.79 bits per heavy atom. The van der Waals surface area contributed by atoms with E-state index < -0.39 is 0 Å². The molecule has 1 aromatic carbocycles. The van der Waals surface area contributed by atoms with Gasteiger partial charge in [-0.05, 0) is 32.9 Å². The number of benzene rings is 1. The Morgan fingerprint density at radius 1 is 1.16 bits per heavy atom. The van der Waals surface area contributed by atoms with E-state index in [4.69, 9.17) is 15.9 Å². The predicted octanol–water partition coefficient (Wildman–Crippen LogP) is 3.08. The second-order valence-corrected chi connectivity index (χ2v) is 4.55. The Bertz CT molecular complexity index is 618. The summed E-state index contributed by atoms with van der Waals surface area (Å²) in [6, 6.07) is 9.53. The van der Waals surface area contributed by atoms with Crippen LogP contribution in [0.2, 0.25) is 0 Å². The largest absolute Gasteiger partial charge is 0.456 e. The van der Waals surface area contributed by atoms with E-state index in [0.717, 1.165) is 11.4 Å². The second kappa shape index (κ2) is 5.10. The van der Waals surface area contributed by atoms with Crippen LogP contribution in [0.25, 0.3) is 0 Å². The number of hydrogen-bond acceptors (Lipinski definition) is 3. The zero-order valence-corrected chi connectivity index (χ0v) is 11.3. The van der Waals surface area contributed by atoms with Crippen LogP contribution in [0, 0.1) is 26.2 Å². The van der Waals surface area contributed by atoms with E-state index in [1.54, 1.807) is 6.07 Å². The van der Waals surface area contributed by atoms with Gasteiger partial charge in [0.05, 0.1) is 11.3 Å². The molecular weight excluding hydrogens is 238 g/mol. The van der Waals surface area contributed by atoms with Crippen molar-refractivity contribution in [1.82, 2.24) is 4.98 Å². The molecule has 1 aromatic heterocycles. The van der Waals surface area contributed by atoms with Gasteiger partial charge in [0.15, 0.2) is 0 Å². The normalized spacial score (nSPS) is 10.3. The first-order chi connectivity index (χ1) is 8.97. The van der Waals surface area contributed by atoms with E-state index in [0.29, 0.717) is 17.0 Å². The van der Waals surface area contributed by atoms with Gasteiger partial charge >= 0.3 is 0 Å². The molecule has 0 aliphatic rings. The lowest BCUT2D eigenvalue weighted by Gasteiger charge is -2.13. The van der Waals surface area contributed by atoms with Gasteiger partial charge in [0, 0.05) is 11.8 Å². The third-order valence-electron chi connectivity index (χ3n) is 2.81. The molecule has 4 nitrogen and oxygen atoms in total. The Labute approximate surface area is 112 Å². The number of nitrogens with zero attached hydrogens (tertiary/aromatic N) is 1. The first kappa shape index (κ1) is 13.1. The maximum absolute atomic E-state index is 7.65. The Balaban J connectivity index is 2.44. The van der Waals surface area contributed by atoms with Crippen molar-refractivity contribution >= 4 is 5.84 Å². The number of nitrogen functional groups attached to an aromatic ring is 1. The fraction of sp³-hybridized carbons (Fsp3) is 0.200. The molecule has 0 spiro atoms. The fourth-order valence-corrected chi connectivity index (χ4v) is 1.93. The quantitative estimate of drug-likeness (QED) is 0.654. The number of ether oxygens (including phenoxy) is 1. The number of rotatable bonds is 3. The molecule has 0 saturated carbocycles. The summed E-state index contributed by atoms with van der Waals surface area (Å²) in [5.41, 5.74) is 8.86. The van der Waals surface area contributed by atoms with Crippen LogP contribution in [-0.2, 0) is 0 Å². The lowest BCUT2D eigenvalue weighted by molar-refractivity contribution is 0.479. The average Bonchev–Trinajstić information content (AvgIpc) is 2.30. The minimum Gasteiger partial charge on any atom is -0.456 e. The van der Waals surface area contributed by atoms with Crippen molar-refractivity contribution in [1.29, 1.82) is 5.41 Å². The smallest absolute Gasteiger partial charge is 0.141 e. The van der Waals surface area contributed by atoms with Crippen molar-refractivity contribution in [3.8, 4) is 11.5 Å². The number of amidine groups is 1. The third kappa shape index (κ3) is 2.91. The zero-order chi connectivity index (χ0) is 14.0. The highest BCUT2D eigenvalue weighted by Gasteiger charge is 2.13. The maximum Gasteiger partial charge on any atom is 0.141 e. The van der Waals surface area contributed by atoms with Crippen molar-refractivity contribution in [2.24, 2.45) is 5.73 Å². The van der Waals surface area contributed by atoms with Gasteiger partial charge in [-0.2, -0.15) is 0 Å². The zero-order valence-electron chi connectivity index (χ0n) is 11.3. The SMILES string of the molecule is Cc1ccc(Oc2cc(C)nc(C)c2C(=N)N)cc1. The highest BCUT2D eigenvalue weighted by molar-refractivity contribution is 5.98. The number of aryl methyl sites for hydroxylation is 3. The minimum atomic E-state index is -0.0351. The van der Waals surface area contributed by atoms with Crippen LogP contribution in [0.5, 0.6) is 11.5 Å². The molecule has 98 valence electrons. The van der Waals surface area contributed by atoms with Gasteiger partial charge in [0.1, 0.15) is 17.3 Å². The van der Waals surface area contributed by atoms with Crippen molar-refractivity contribution in [2.45, 2.75) is 20.8 Å². The van der Waals surface area contributed by atoms with E-state index in [1.807, 2.05) is 45.0 Å². The van der Waals surface area contributed by atoms with Crippen LogP contribution in [0.3, 0.4) is 0 Å². The topological polar surface area (TPSA) is 72.0 Å². The monoisotopic (exact) mass is 255 g/mol. The molecule has 19 heavy (non-hydrogen) atoms. The van der Waals surface area contributed by atoms with Crippen LogP contribution in [-0.4, -0.2) is 10.8 Å². The molecule has 2 aromatic rings. The van der Waals surface area contributed by atoms with E-state index in [2.05, 4.69) is 4.98 Å². The molecule has 0 fully saturated rings. The first-order valence-electron chi connectivity index (χ1n) is 6.04. The first-order valence-corrected chi connectivity index (χ1v) is 6.04. The molecule has 0 amide bonds. The number of nitrogens with two attached hydrogens (primary N) is 1. The molecule has 0 bridgehead atoms. The summed E-state index contributed by atoms with van der Waals surface area (Å²) in [7, 11) is 0. The number of pyridine rings is 1. The molecule has 0 aliphatic carbocycles. The average molecular weight is 255 g/mol. The maximum atomic E-state index is 7.65. The molecule has 0 unspecified atom stereocenters. The minimum absolute atomic E-state index is 0.0351. The van der Waals surface area contributed by atoms with Crippen molar-refractivity contribution < 1.29 is 4.74 Å². The van der Waals surface area contributed by atoms with Crippen molar-refractivity contribution in [3.63, 3.8) is 0 Å². The molecule has 2 rings (SSSR count). The standard InChI is InChI=1S/C15H17N3O/c1-9-4-6-12(7-5-9)19-13-8-10(2)18-11(3)14(13)15(16)17/h4-8H,1-3H3,(H3,16,17). The molecule has 1 heterocycles. The highest BCUT2D eigenvalue weighted by atomic mass is 16.5. The molecule has 0 radical (unpaired) electrons. The van der Waals surface area contributed by atoms with Gasteiger partial charge < -0.3 is 10.5 Å². The van der Waals surface area contributed by atoms with Crippen LogP contribution in [0.4, 0.5) is 0 Å². The van der Waals surface area contributed by atoms with Gasteiger partial charge in [-0.25, -0.2) is 0 Å². The van der Waals surface area contributed by atoms with Crippen LogP contribution >= 0.6 is 0 Å². The summed E-state index contributed by atoms with van der Waals surface area (Å²) < 4.78 is 5.83. The van der Waals surface area contributed by atoms with Crippen LogP contribution in [0.15, 0.2) is 30.3 Å². The molecule has 0 atom stereocenters. The Morgan fingerprint density at radius 3 is 2.37 bits per heavy atom. The van der Waals surface area contributed by atoms with Gasteiger partial charge in [0.25, 0.3) is 0 Å². The number of aromatic nitrogens is 1. The van der Waals surface area contributed by atoms with Gasteiger partial charge in [0.2, 0.25) is 0 Å². The summed E-state index contributed by atoms with van der Waals surface area (Å²) >= 11 is 0. The molecular formula is C15H17N3O. The lowest BCUT2D eigenvalue weighted by atomic mass is 10.1. The lowest BCUT2D eigenvalue weighted by Crippen LogP contribution is -2.15. The molecule has 0 aliphatic heterocycles. The summed E-state index contributed by atoms with van der Waals surface area (Å²) in [4.78, 5) is 4.31. The van der Waals surface area contributed by atoms with E-state index in [9.17, 15) is 0 Å². The Kier molecular flexibility index (Phi) is 3.51. The number of nitrogens with one attached hydrogen (secondary N) is 1. The van der Waals surface area contributed by atoms with Gasteiger partial charge in [-0.15, -0.1) is 0 Å². The molecule has 3 N–H and O–H groups in total. The van der Waals surface area contributed by atoms with E-state index in [-0.39, 0.29) is 5.84 Å². The summed E-state index contributed by atoms with van der Waals surface area (Å²) in [5.74, 6) is 1.26. The summed E-state index contributed by atoms with van der Waals surface area (Å²) in [6.07, 6.45) is 0. The fourth-order valence-electron chi connectivity index (χ4n) is 1.93. The van der Waals surface area contributed by atoms with Gasteiger partial charge in [-0.1, -0.05) is 17.7 Å².